The maximum Gasteiger partial charge on any atom is 0.256 e. The Kier molecular flexibility index (Phi) is 4.51. The molecule has 3 aromatic heterocycles. The number of fused-ring (bicyclic) bond motifs is 1. The first-order chi connectivity index (χ1) is 13.1. The summed E-state index contributed by atoms with van der Waals surface area (Å²) in [4.78, 5) is 21.1. The van der Waals surface area contributed by atoms with Crippen LogP contribution in [-0.2, 0) is 17.8 Å². The van der Waals surface area contributed by atoms with Gasteiger partial charge in [-0.1, -0.05) is 6.92 Å². The first kappa shape index (κ1) is 17.4. The van der Waals surface area contributed by atoms with E-state index in [2.05, 4.69) is 32.1 Å². The van der Waals surface area contributed by atoms with Crippen molar-refractivity contribution in [3.05, 3.63) is 35.5 Å². The smallest absolute Gasteiger partial charge is 0.256 e. The lowest BCUT2D eigenvalue weighted by Gasteiger charge is -2.36. The average molecular weight is 368 g/mol. The molecule has 1 aliphatic rings. The highest BCUT2D eigenvalue weighted by Gasteiger charge is 2.24. The highest BCUT2D eigenvalue weighted by atomic mass is 16.2. The van der Waals surface area contributed by atoms with Gasteiger partial charge in [0.25, 0.3) is 5.78 Å². The van der Waals surface area contributed by atoms with Crippen molar-refractivity contribution in [2.24, 2.45) is 0 Å². The quantitative estimate of drug-likeness (QED) is 0.679. The third kappa shape index (κ3) is 3.13. The molecule has 0 radical (unpaired) electrons. The Morgan fingerprint density at radius 3 is 2.67 bits per heavy atom. The Labute approximate surface area is 157 Å². The zero-order chi connectivity index (χ0) is 19.0. The monoisotopic (exact) mass is 368 g/mol. The summed E-state index contributed by atoms with van der Waals surface area (Å²) in [5.74, 6) is 1.71. The predicted octanol–water partition coefficient (Wildman–Crippen LogP) is 0.849. The molecule has 0 N–H and O–H groups in total. The van der Waals surface area contributed by atoms with Crippen molar-refractivity contribution >= 4 is 17.5 Å². The number of nitrogens with zero attached hydrogens (tertiary/aromatic N) is 8. The van der Waals surface area contributed by atoms with Crippen LogP contribution in [0.4, 0.5) is 5.82 Å². The van der Waals surface area contributed by atoms with E-state index in [0.29, 0.717) is 25.4 Å². The molecule has 4 heterocycles. The van der Waals surface area contributed by atoms with Crippen LogP contribution in [0.25, 0.3) is 5.78 Å². The maximum absolute atomic E-state index is 12.8. The van der Waals surface area contributed by atoms with E-state index in [1.807, 2.05) is 33.9 Å². The van der Waals surface area contributed by atoms with E-state index in [1.165, 1.54) is 5.56 Å². The molecular weight excluding hydrogens is 344 g/mol. The highest BCUT2D eigenvalue weighted by molar-refractivity contribution is 5.76. The van der Waals surface area contributed by atoms with Gasteiger partial charge in [0.05, 0.1) is 5.69 Å². The van der Waals surface area contributed by atoms with Crippen molar-refractivity contribution in [1.29, 1.82) is 0 Å². The van der Waals surface area contributed by atoms with Gasteiger partial charge < -0.3 is 9.80 Å². The topological polar surface area (TPSA) is 84.5 Å². The Bertz CT molecular complexity index is 967. The third-order valence-corrected chi connectivity index (χ3v) is 5.32. The fourth-order valence-electron chi connectivity index (χ4n) is 3.80. The first-order valence-electron chi connectivity index (χ1n) is 9.28. The number of carbonyl (C=O) groups excluding carboxylic acids is 1. The molecule has 0 bridgehead atoms. The van der Waals surface area contributed by atoms with Crippen molar-refractivity contribution in [1.82, 2.24) is 34.3 Å². The van der Waals surface area contributed by atoms with Gasteiger partial charge >= 0.3 is 0 Å². The molecule has 3 aromatic rings. The molecule has 4 rings (SSSR count). The first-order valence-corrected chi connectivity index (χ1v) is 9.28. The predicted molar refractivity (Wildman–Crippen MR) is 101 cm³/mol. The number of rotatable bonds is 4. The standard InChI is InChI=1S/C18H24N8O/c1-4-15-13(2)22-26(14(15)3)11-17(27)24-9-7-23(8-10-24)16-5-6-19-18-21-20-12-25(16)18/h5-6,12H,4,7-11H2,1-3H3. The van der Waals surface area contributed by atoms with Crippen LogP contribution in [0.1, 0.15) is 23.9 Å². The number of amides is 1. The summed E-state index contributed by atoms with van der Waals surface area (Å²) in [7, 11) is 0. The van der Waals surface area contributed by atoms with Gasteiger partial charge in [-0.2, -0.15) is 5.10 Å². The van der Waals surface area contributed by atoms with Crippen LogP contribution in [0.5, 0.6) is 0 Å². The summed E-state index contributed by atoms with van der Waals surface area (Å²) >= 11 is 0. The Morgan fingerprint density at radius 2 is 1.96 bits per heavy atom. The van der Waals surface area contributed by atoms with E-state index in [-0.39, 0.29) is 5.91 Å². The van der Waals surface area contributed by atoms with Gasteiger partial charge in [-0.05, 0) is 31.9 Å². The van der Waals surface area contributed by atoms with Crippen molar-refractivity contribution in [2.45, 2.75) is 33.7 Å². The Hall–Kier alpha value is -2.97. The van der Waals surface area contributed by atoms with Gasteiger partial charge in [0, 0.05) is 38.1 Å². The molecule has 0 unspecified atom stereocenters. The number of hydrogen-bond donors (Lipinski definition) is 0. The highest BCUT2D eigenvalue weighted by Crippen LogP contribution is 2.17. The summed E-state index contributed by atoms with van der Waals surface area (Å²) in [6.45, 7) is 9.37. The normalized spacial score (nSPS) is 14.9. The van der Waals surface area contributed by atoms with Crippen LogP contribution in [0.15, 0.2) is 18.6 Å². The number of piperazine rings is 1. The second kappa shape index (κ2) is 6.98. The minimum absolute atomic E-state index is 0.118. The number of carbonyl (C=O) groups is 1. The second-order valence-corrected chi connectivity index (χ2v) is 6.83. The number of hydrogen-bond acceptors (Lipinski definition) is 6. The summed E-state index contributed by atoms with van der Waals surface area (Å²) in [5, 5.41) is 12.5. The molecule has 0 aromatic carbocycles. The number of anilines is 1. The molecule has 9 heteroatoms. The summed E-state index contributed by atoms with van der Waals surface area (Å²) in [5.41, 5.74) is 3.35. The minimum atomic E-state index is 0.118. The van der Waals surface area contributed by atoms with E-state index in [4.69, 9.17) is 0 Å². The molecule has 0 saturated carbocycles. The SMILES string of the molecule is CCc1c(C)nn(CC(=O)N2CCN(c3ccnc4nncn34)CC2)c1C. The van der Waals surface area contributed by atoms with Crippen molar-refractivity contribution in [3.63, 3.8) is 0 Å². The molecule has 1 amide bonds. The Morgan fingerprint density at radius 1 is 1.19 bits per heavy atom. The molecular formula is C18H24N8O. The largest absolute Gasteiger partial charge is 0.354 e. The number of aromatic nitrogens is 6. The number of aryl methyl sites for hydroxylation is 1. The lowest BCUT2D eigenvalue weighted by atomic mass is 10.1. The van der Waals surface area contributed by atoms with Crippen LogP contribution in [0.3, 0.4) is 0 Å². The van der Waals surface area contributed by atoms with Gasteiger partial charge in [0.2, 0.25) is 5.91 Å². The zero-order valence-electron chi connectivity index (χ0n) is 16.0. The lowest BCUT2D eigenvalue weighted by molar-refractivity contribution is -0.132. The van der Waals surface area contributed by atoms with Gasteiger partial charge in [0.15, 0.2) is 0 Å². The van der Waals surface area contributed by atoms with Crippen LogP contribution >= 0.6 is 0 Å². The van der Waals surface area contributed by atoms with Gasteiger partial charge in [0.1, 0.15) is 18.7 Å². The summed E-state index contributed by atoms with van der Waals surface area (Å²) in [6.07, 6.45) is 4.35. The third-order valence-electron chi connectivity index (χ3n) is 5.32. The molecule has 142 valence electrons. The van der Waals surface area contributed by atoms with Crippen LogP contribution in [0, 0.1) is 13.8 Å². The van der Waals surface area contributed by atoms with Gasteiger partial charge in [-0.3, -0.25) is 13.9 Å². The minimum Gasteiger partial charge on any atom is -0.354 e. The molecule has 0 aliphatic carbocycles. The molecule has 1 saturated heterocycles. The fraction of sp³-hybridized carbons (Fsp3) is 0.500. The summed E-state index contributed by atoms with van der Waals surface area (Å²) < 4.78 is 3.71. The maximum atomic E-state index is 12.8. The van der Waals surface area contributed by atoms with Crippen LogP contribution in [0.2, 0.25) is 0 Å². The Balaban J connectivity index is 1.42. The van der Waals surface area contributed by atoms with Crippen LogP contribution < -0.4 is 4.90 Å². The zero-order valence-corrected chi connectivity index (χ0v) is 16.0. The van der Waals surface area contributed by atoms with E-state index in [9.17, 15) is 4.79 Å². The van der Waals surface area contributed by atoms with E-state index < -0.39 is 0 Å². The van der Waals surface area contributed by atoms with E-state index in [1.54, 1.807) is 12.5 Å². The molecule has 1 fully saturated rings. The molecule has 0 spiro atoms. The molecule has 1 aliphatic heterocycles. The van der Waals surface area contributed by atoms with Crippen LogP contribution in [-0.4, -0.2) is 66.3 Å². The van der Waals surface area contributed by atoms with Crippen molar-refractivity contribution in [3.8, 4) is 0 Å². The second-order valence-electron chi connectivity index (χ2n) is 6.83. The lowest BCUT2D eigenvalue weighted by Crippen LogP contribution is -2.50. The molecule has 9 nitrogen and oxygen atoms in total. The van der Waals surface area contributed by atoms with Crippen molar-refractivity contribution in [2.75, 3.05) is 31.1 Å². The fourth-order valence-corrected chi connectivity index (χ4v) is 3.80. The average Bonchev–Trinajstić information content (AvgIpc) is 3.26. The van der Waals surface area contributed by atoms with E-state index in [0.717, 1.165) is 36.7 Å². The molecule has 0 atom stereocenters. The molecule has 27 heavy (non-hydrogen) atoms. The van der Waals surface area contributed by atoms with Gasteiger partial charge in [-0.15, -0.1) is 10.2 Å². The van der Waals surface area contributed by atoms with Gasteiger partial charge in [-0.25, -0.2) is 4.98 Å². The van der Waals surface area contributed by atoms with E-state index >= 15 is 0 Å². The van der Waals surface area contributed by atoms with Crippen molar-refractivity contribution < 1.29 is 4.79 Å². The summed E-state index contributed by atoms with van der Waals surface area (Å²) in [6, 6.07) is 1.95.